The van der Waals surface area contributed by atoms with E-state index in [1.165, 1.54) is 7.11 Å². The molecule has 1 aromatic carbocycles. The molecule has 1 aromatic rings. The van der Waals surface area contributed by atoms with Gasteiger partial charge in [-0.2, -0.15) is 11.8 Å². The number of carbonyl (C=O) groups excluding carboxylic acids is 1. The minimum atomic E-state index is -0.711. The number of hydrogen-bond donors (Lipinski definition) is 1. The van der Waals surface area contributed by atoms with Crippen LogP contribution in [0.4, 0.5) is 0 Å². The van der Waals surface area contributed by atoms with Crippen molar-refractivity contribution in [1.82, 2.24) is 5.32 Å². The zero-order valence-electron chi connectivity index (χ0n) is 12.2. The van der Waals surface area contributed by atoms with E-state index < -0.39 is 5.54 Å². The molecule has 0 heterocycles. The second-order valence-corrected chi connectivity index (χ2v) is 6.34. The van der Waals surface area contributed by atoms with Gasteiger partial charge in [0.2, 0.25) is 0 Å². The molecule has 1 atom stereocenters. The van der Waals surface area contributed by atoms with E-state index in [4.69, 9.17) is 4.74 Å². The molecule has 0 radical (unpaired) electrons. The van der Waals surface area contributed by atoms with E-state index >= 15 is 0 Å². The van der Waals surface area contributed by atoms with E-state index in [0.717, 1.165) is 30.6 Å². The van der Waals surface area contributed by atoms with Gasteiger partial charge in [0.25, 0.3) is 0 Å². The first-order valence-corrected chi connectivity index (χ1v) is 8.38. The summed E-state index contributed by atoms with van der Waals surface area (Å²) < 4.78 is 5.11. The number of carbonyl (C=O) groups is 1. The fourth-order valence-electron chi connectivity index (χ4n) is 2.29. The molecule has 0 aromatic heterocycles. The SMILES string of the molecule is CCCSCC(NC1CC1)(C(=O)OC)c1ccccc1. The van der Waals surface area contributed by atoms with Crippen LogP contribution in [0.5, 0.6) is 0 Å². The van der Waals surface area contributed by atoms with E-state index in [2.05, 4.69) is 12.2 Å². The molecule has 1 N–H and O–H groups in total. The van der Waals surface area contributed by atoms with Crippen molar-refractivity contribution in [3.8, 4) is 0 Å². The molecule has 2 rings (SSSR count). The summed E-state index contributed by atoms with van der Waals surface area (Å²) >= 11 is 1.81. The Morgan fingerprint density at radius 2 is 2.10 bits per heavy atom. The highest BCUT2D eigenvalue weighted by Gasteiger charge is 2.44. The summed E-state index contributed by atoms with van der Waals surface area (Å²) in [5.41, 5.74) is 0.291. The summed E-state index contributed by atoms with van der Waals surface area (Å²) in [7, 11) is 1.47. The Morgan fingerprint density at radius 3 is 2.65 bits per heavy atom. The fourth-order valence-corrected chi connectivity index (χ4v) is 3.39. The molecule has 1 saturated carbocycles. The summed E-state index contributed by atoms with van der Waals surface area (Å²) in [4.78, 5) is 12.5. The van der Waals surface area contributed by atoms with Crippen LogP contribution in [-0.2, 0) is 15.1 Å². The summed E-state index contributed by atoms with van der Waals surface area (Å²) in [6, 6.07) is 10.4. The highest BCUT2D eigenvalue weighted by molar-refractivity contribution is 7.99. The quantitative estimate of drug-likeness (QED) is 0.591. The number of thioether (sulfide) groups is 1. The molecule has 1 fully saturated rings. The molecule has 1 unspecified atom stereocenters. The highest BCUT2D eigenvalue weighted by Crippen LogP contribution is 2.32. The van der Waals surface area contributed by atoms with Gasteiger partial charge in [0, 0.05) is 11.8 Å². The van der Waals surface area contributed by atoms with Gasteiger partial charge in [0.15, 0.2) is 5.54 Å². The van der Waals surface area contributed by atoms with Crippen molar-refractivity contribution in [3.05, 3.63) is 35.9 Å². The average Bonchev–Trinajstić information content (AvgIpc) is 3.30. The van der Waals surface area contributed by atoms with E-state index in [1.54, 1.807) is 11.8 Å². The van der Waals surface area contributed by atoms with E-state index in [1.807, 2.05) is 30.3 Å². The van der Waals surface area contributed by atoms with Crippen LogP contribution >= 0.6 is 11.8 Å². The molecule has 4 heteroatoms. The van der Waals surface area contributed by atoms with Crippen LogP contribution in [0.2, 0.25) is 0 Å². The number of nitrogens with one attached hydrogen (secondary N) is 1. The van der Waals surface area contributed by atoms with Gasteiger partial charge in [0.05, 0.1) is 7.11 Å². The van der Waals surface area contributed by atoms with Gasteiger partial charge in [-0.15, -0.1) is 0 Å². The van der Waals surface area contributed by atoms with Crippen molar-refractivity contribution in [3.63, 3.8) is 0 Å². The molecule has 0 amide bonds. The van der Waals surface area contributed by atoms with Crippen molar-refractivity contribution in [2.24, 2.45) is 0 Å². The zero-order valence-corrected chi connectivity index (χ0v) is 13.0. The lowest BCUT2D eigenvalue weighted by Crippen LogP contribution is -2.53. The summed E-state index contributed by atoms with van der Waals surface area (Å²) in [6.45, 7) is 2.16. The average molecular weight is 293 g/mol. The number of rotatable bonds is 8. The first-order valence-electron chi connectivity index (χ1n) is 7.22. The lowest BCUT2D eigenvalue weighted by Gasteiger charge is -2.32. The zero-order chi connectivity index (χ0) is 14.4. The van der Waals surface area contributed by atoms with Crippen molar-refractivity contribution in [2.75, 3.05) is 18.6 Å². The molecule has 0 saturated heterocycles. The van der Waals surface area contributed by atoms with Crippen LogP contribution in [0.3, 0.4) is 0 Å². The molecule has 0 spiro atoms. The van der Waals surface area contributed by atoms with E-state index in [0.29, 0.717) is 11.8 Å². The molecular weight excluding hydrogens is 270 g/mol. The second-order valence-electron chi connectivity index (χ2n) is 5.23. The Bertz CT molecular complexity index is 433. The number of benzene rings is 1. The lowest BCUT2D eigenvalue weighted by atomic mass is 9.91. The molecule has 0 bridgehead atoms. The Balaban J connectivity index is 2.28. The Morgan fingerprint density at radius 1 is 1.40 bits per heavy atom. The van der Waals surface area contributed by atoms with Gasteiger partial charge in [-0.3, -0.25) is 5.32 Å². The topological polar surface area (TPSA) is 38.3 Å². The van der Waals surface area contributed by atoms with Crippen LogP contribution in [0.25, 0.3) is 0 Å². The van der Waals surface area contributed by atoms with E-state index in [-0.39, 0.29) is 5.97 Å². The molecule has 3 nitrogen and oxygen atoms in total. The van der Waals surface area contributed by atoms with Crippen molar-refractivity contribution < 1.29 is 9.53 Å². The van der Waals surface area contributed by atoms with Crippen molar-refractivity contribution in [1.29, 1.82) is 0 Å². The third-order valence-corrected chi connectivity index (χ3v) is 4.83. The maximum Gasteiger partial charge on any atom is 0.331 e. The van der Waals surface area contributed by atoms with Gasteiger partial charge in [-0.25, -0.2) is 4.79 Å². The number of methoxy groups -OCH3 is 1. The Kier molecular flexibility index (Phi) is 5.49. The van der Waals surface area contributed by atoms with Crippen LogP contribution in [0, 0.1) is 0 Å². The Labute approximate surface area is 125 Å². The van der Waals surface area contributed by atoms with Crippen molar-refractivity contribution >= 4 is 17.7 Å². The predicted molar refractivity (Wildman–Crippen MR) is 83.9 cm³/mol. The maximum atomic E-state index is 12.5. The van der Waals surface area contributed by atoms with Crippen LogP contribution in [0.15, 0.2) is 30.3 Å². The minimum Gasteiger partial charge on any atom is -0.467 e. The summed E-state index contributed by atoms with van der Waals surface area (Å²) in [6.07, 6.45) is 3.40. The van der Waals surface area contributed by atoms with E-state index in [9.17, 15) is 4.79 Å². The number of esters is 1. The lowest BCUT2D eigenvalue weighted by molar-refractivity contribution is -0.148. The van der Waals surface area contributed by atoms with Gasteiger partial charge < -0.3 is 4.74 Å². The van der Waals surface area contributed by atoms with Crippen LogP contribution in [-0.4, -0.2) is 30.6 Å². The first kappa shape index (κ1) is 15.4. The summed E-state index contributed by atoms with van der Waals surface area (Å²) in [5, 5.41) is 3.53. The molecule has 1 aliphatic rings. The largest absolute Gasteiger partial charge is 0.467 e. The third kappa shape index (κ3) is 3.55. The smallest absolute Gasteiger partial charge is 0.331 e. The molecule has 1 aliphatic carbocycles. The van der Waals surface area contributed by atoms with Crippen molar-refractivity contribution in [2.45, 2.75) is 37.8 Å². The summed E-state index contributed by atoms with van der Waals surface area (Å²) in [5.74, 6) is 1.59. The first-order chi connectivity index (χ1) is 9.73. The Hall–Kier alpha value is -1.00. The number of hydrogen-bond acceptors (Lipinski definition) is 4. The molecular formula is C16H23NO2S. The van der Waals surface area contributed by atoms with Gasteiger partial charge in [-0.05, 0) is 30.6 Å². The molecule has 0 aliphatic heterocycles. The molecule has 20 heavy (non-hydrogen) atoms. The van der Waals surface area contributed by atoms with Crippen LogP contribution in [0.1, 0.15) is 31.7 Å². The normalized spacial score (nSPS) is 17.5. The molecule has 110 valence electrons. The monoisotopic (exact) mass is 293 g/mol. The number of ether oxygens (including phenoxy) is 1. The second kappa shape index (κ2) is 7.14. The maximum absolute atomic E-state index is 12.5. The van der Waals surface area contributed by atoms with Gasteiger partial charge in [-0.1, -0.05) is 37.3 Å². The third-order valence-electron chi connectivity index (χ3n) is 3.50. The predicted octanol–water partition coefficient (Wildman–Crippen LogP) is 2.95. The standard InChI is InChI=1S/C16H23NO2S/c1-3-11-20-12-16(15(18)19-2,17-14-9-10-14)13-7-5-4-6-8-13/h4-8,14,17H,3,9-12H2,1-2H3. The fraction of sp³-hybridized carbons (Fsp3) is 0.562. The van der Waals surface area contributed by atoms with Crippen LogP contribution < -0.4 is 5.32 Å². The highest BCUT2D eigenvalue weighted by atomic mass is 32.2. The van der Waals surface area contributed by atoms with Gasteiger partial charge in [0.1, 0.15) is 0 Å². The van der Waals surface area contributed by atoms with Gasteiger partial charge >= 0.3 is 5.97 Å². The minimum absolute atomic E-state index is 0.181.